The van der Waals surface area contributed by atoms with E-state index in [0.717, 1.165) is 12.0 Å². The molecule has 1 aromatic rings. The van der Waals surface area contributed by atoms with Gasteiger partial charge in [0.1, 0.15) is 0 Å². The summed E-state index contributed by atoms with van der Waals surface area (Å²) in [5.74, 6) is -0.00646. The number of nitrogens with zero attached hydrogens (tertiary/aromatic N) is 1. The van der Waals surface area contributed by atoms with E-state index in [1.54, 1.807) is 11.0 Å². The molecule has 0 atom stereocenters. The summed E-state index contributed by atoms with van der Waals surface area (Å²) in [6, 6.07) is 8.35. The summed E-state index contributed by atoms with van der Waals surface area (Å²) in [6.07, 6.45) is 5.09. The summed E-state index contributed by atoms with van der Waals surface area (Å²) < 4.78 is 0. The highest BCUT2D eigenvalue weighted by atomic mass is 16.3. The van der Waals surface area contributed by atoms with Gasteiger partial charge >= 0.3 is 0 Å². The van der Waals surface area contributed by atoms with E-state index in [0.29, 0.717) is 13.0 Å². The molecular weight excluding hydrogens is 250 g/mol. The van der Waals surface area contributed by atoms with Crippen LogP contribution in [0.15, 0.2) is 30.3 Å². The van der Waals surface area contributed by atoms with Crippen LogP contribution in [-0.2, 0) is 11.2 Å². The van der Waals surface area contributed by atoms with E-state index >= 15 is 0 Å². The topological polar surface area (TPSA) is 40.5 Å². The number of carbonyl (C=O) groups excluding carboxylic acids is 1. The van der Waals surface area contributed by atoms with Crippen molar-refractivity contribution in [3.05, 3.63) is 41.5 Å². The summed E-state index contributed by atoms with van der Waals surface area (Å²) in [4.78, 5) is 13.9. The highest BCUT2D eigenvalue weighted by Gasteiger charge is 2.13. The van der Waals surface area contributed by atoms with Crippen molar-refractivity contribution in [2.45, 2.75) is 39.7 Å². The van der Waals surface area contributed by atoms with Crippen LogP contribution in [0, 0.1) is 0 Å². The lowest BCUT2D eigenvalue weighted by atomic mass is 10.1. The fourth-order valence-corrected chi connectivity index (χ4v) is 1.99. The van der Waals surface area contributed by atoms with Crippen molar-refractivity contribution in [3.8, 4) is 0 Å². The molecule has 0 spiro atoms. The summed E-state index contributed by atoms with van der Waals surface area (Å²) >= 11 is 0. The van der Waals surface area contributed by atoms with Crippen LogP contribution in [0.25, 0.3) is 6.08 Å². The summed E-state index contributed by atoms with van der Waals surface area (Å²) in [7, 11) is 0. The standard InChI is InChI=1S/C17H25NO2/c1-4-15-6-8-16(9-7-15)10-11-17(20)18(14(2)3)12-5-13-19/h6-11,14,19H,4-5,12-13H2,1-3H3/b11-10+. The van der Waals surface area contributed by atoms with E-state index in [1.807, 2.05) is 32.1 Å². The largest absolute Gasteiger partial charge is 0.396 e. The molecule has 0 radical (unpaired) electrons. The number of aliphatic hydroxyl groups is 1. The van der Waals surface area contributed by atoms with Gasteiger partial charge in [-0.25, -0.2) is 0 Å². The first-order valence-corrected chi connectivity index (χ1v) is 7.27. The SMILES string of the molecule is CCc1ccc(/C=C/C(=O)N(CCCO)C(C)C)cc1. The Labute approximate surface area is 121 Å². The minimum Gasteiger partial charge on any atom is -0.396 e. The molecule has 0 aliphatic carbocycles. The average molecular weight is 275 g/mol. The highest BCUT2D eigenvalue weighted by Crippen LogP contribution is 2.08. The van der Waals surface area contributed by atoms with Crippen molar-refractivity contribution in [2.75, 3.05) is 13.2 Å². The number of aryl methyl sites for hydroxylation is 1. The first-order chi connectivity index (χ1) is 9.58. The number of rotatable bonds is 7. The van der Waals surface area contributed by atoms with Gasteiger partial charge in [-0.05, 0) is 43.9 Å². The highest BCUT2D eigenvalue weighted by molar-refractivity contribution is 5.91. The molecule has 1 N–H and O–H groups in total. The second kappa shape index (κ2) is 8.54. The van der Waals surface area contributed by atoms with Crippen molar-refractivity contribution in [2.24, 2.45) is 0 Å². The van der Waals surface area contributed by atoms with Gasteiger partial charge in [0.2, 0.25) is 5.91 Å². The molecule has 20 heavy (non-hydrogen) atoms. The molecule has 0 aliphatic heterocycles. The van der Waals surface area contributed by atoms with Crippen LogP contribution in [0.2, 0.25) is 0 Å². The minimum atomic E-state index is -0.00646. The van der Waals surface area contributed by atoms with Crippen molar-refractivity contribution < 1.29 is 9.90 Å². The number of hydrogen-bond donors (Lipinski definition) is 1. The molecule has 0 fully saturated rings. The Kier molecular flexibility index (Phi) is 7.02. The van der Waals surface area contributed by atoms with E-state index in [4.69, 9.17) is 5.11 Å². The van der Waals surface area contributed by atoms with E-state index < -0.39 is 0 Å². The van der Waals surface area contributed by atoms with Gasteiger partial charge < -0.3 is 10.0 Å². The zero-order valence-electron chi connectivity index (χ0n) is 12.7. The van der Waals surface area contributed by atoms with Gasteiger partial charge in [0.05, 0.1) is 0 Å². The molecule has 1 amide bonds. The molecule has 1 aromatic carbocycles. The van der Waals surface area contributed by atoms with Gasteiger partial charge in [-0.3, -0.25) is 4.79 Å². The number of carbonyl (C=O) groups is 1. The quantitative estimate of drug-likeness (QED) is 0.777. The van der Waals surface area contributed by atoms with Crippen LogP contribution in [0.4, 0.5) is 0 Å². The first-order valence-electron chi connectivity index (χ1n) is 7.27. The summed E-state index contributed by atoms with van der Waals surface area (Å²) in [5, 5.41) is 8.88. The lowest BCUT2D eigenvalue weighted by Gasteiger charge is -2.25. The molecule has 3 heteroatoms. The van der Waals surface area contributed by atoms with Crippen LogP contribution in [0.5, 0.6) is 0 Å². The first kappa shape index (κ1) is 16.4. The van der Waals surface area contributed by atoms with Crippen molar-refractivity contribution in [1.82, 2.24) is 4.90 Å². The molecular formula is C17H25NO2. The third kappa shape index (κ3) is 5.17. The van der Waals surface area contributed by atoms with Crippen molar-refractivity contribution in [3.63, 3.8) is 0 Å². The predicted octanol–water partition coefficient (Wildman–Crippen LogP) is 2.88. The minimum absolute atomic E-state index is 0.00646. The van der Waals surface area contributed by atoms with Gasteiger partial charge in [-0.1, -0.05) is 31.2 Å². The maximum atomic E-state index is 12.1. The molecule has 0 bridgehead atoms. The molecule has 1 rings (SSSR count). The fraction of sp³-hybridized carbons (Fsp3) is 0.471. The van der Waals surface area contributed by atoms with Crippen LogP contribution < -0.4 is 0 Å². The Bertz CT molecular complexity index is 435. The molecule has 0 aliphatic rings. The third-order valence-corrected chi connectivity index (χ3v) is 3.27. The average Bonchev–Trinajstić information content (AvgIpc) is 2.45. The van der Waals surface area contributed by atoms with Crippen LogP contribution in [-0.4, -0.2) is 35.1 Å². The zero-order valence-corrected chi connectivity index (χ0v) is 12.7. The Hall–Kier alpha value is -1.61. The number of amides is 1. The fourth-order valence-electron chi connectivity index (χ4n) is 1.99. The number of benzene rings is 1. The Balaban J connectivity index is 2.67. The van der Waals surface area contributed by atoms with E-state index in [-0.39, 0.29) is 18.6 Å². The van der Waals surface area contributed by atoms with E-state index in [1.165, 1.54) is 5.56 Å². The molecule has 0 unspecified atom stereocenters. The van der Waals surface area contributed by atoms with Gasteiger partial charge in [-0.15, -0.1) is 0 Å². The van der Waals surface area contributed by atoms with Crippen LogP contribution in [0.3, 0.4) is 0 Å². The van der Waals surface area contributed by atoms with Gasteiger partial charge in [0, 0.05) is 25.3 Å². The Morgan fingerprint density at radius 2 is 1.95 bits per heavy atom. The van der Waals surface area contributed by atoms with Crippen molar-refractivity contribution >= 4 is 12.0 Å². The van der Waals surface area contributed by atoms with Gasteiger partial charge in [0.15, 0.2) is 0 Å². The smallest absolute Gasteiger partial charge is 0.246 e. The summed E-state index contributed by atoms with van der Waals surface area (Å²) in [6.45, 7) is 6.79. The molecule has 3 nitrogen and oxygen atoms in total. The van der Waals surface area contributed by atoms with E-state index in [9.17, 15) is 4.79 Å². The van der Waals surface area contributed by atoms with E-state index in [2.05, 4.69) is 19.1 Å². The number of aliphatic hydroxyl groups excluding tert-OH is 1. The monoisotopic (exact) mass is 275 g/mol. The molecule has 0 aromatic heterocycles. The Morgan fingerprint density at radius 3 is 2.45 bits per heavy atom. The van der Waals surface area contributed by atoms with Gasteiger partial charge in [-0.2, -0.15) is 0 Å². The summed E-state index contributed by atoms with van der Waals surface area (Å²) in [5.41, 5.74) is 2.32. The predicted molar refractivity (Wildman–Crippen MR) is 83.4 cm³/mol. The van der Waals surface area contributed by atoms with Crippen LogP contribution in [0.1, 0.15) is 38.3 Å². The molecule has 110 valence electrons. The Morgan fingerprint density at radius 1 is 1.30 bits per heavy atom. The third-order valence-electron chi connectivity index (χ3n) is 3.27. The maximum Gasteiger partial charge on any atom is 0.246 e. The molecule has 0 saturated carbocycles. The lowest BCUT2D eigenvalue weighted by Crippen LogP contribution is -2.36. The van der Waals surface area contributed by atoms with Gasteiger partial charge in [0.25, 0.3) is 0 Å². The maximum absolute atomic E-state index is 12.1. The second-order valence-electron chi connectivity index (χ2n) is 5.13. The number of hydrogen-bond acceptors (Lipinski definition) is 2. The molecule has 0 saturated heterocycles. The van der Waals surface area contributed by atoms with Crippen molar-refractivity contribution in [1.29, 1.82) is 0 Å². The molecule has 0 heterocycles. The van der Waals surface area contributed by atoms with Crippen LogP contribution >= 0.6 is 0 Å². The normalized spacial score (nSPS) is 11.2. The second-order valence-corrected chi connectivity index (χ2v) is 5.13. The zero-order chi connectivity index (χ0) is 15.0. The lowest BCUT2D eigenvalue weighted by molar-refractivity contribution is -0.127.